The molecular formula is C16H23F3N2O5S2. The Kier molecular flexibility index (Phi) is 7.48. The number of sulfonamides is 1. The number of carbonyl (C=O) groups is 1. The molecule has 1 aromatic heterocycles. The topological polar surface area (TPSA) is 95.9 Å². The van der Waals surface area contributed by atoms with Crippen LogP contribution in [0.1, 0.15) is 9.75 Å². The van der Waals surface area contributed by atoms with Crippen LogP contribution >= 0.6 is 11.3 Å². The van der Waals surface area contributed by atoms with E-state index in [-0.39, 0.29) is 6.04 Å². The molecule has 2 fully saturated rings. The number of hydrogen-bond donors (Lipinski definition) is 2. The highest BCUT2D eigenvalue weighted by atomic mass is 32.2. The molecule has 2 aliphatic rings. The fourth-order valence-electron chi connectivity index (χ4n) is 3.41. The highest BCUT2D eigenvalue weighted by Crippen LogP contribution is 2.32. The van der Waals surface area contributed by atoms with Crippen LogP contribution < -0.4 is 4.72 Å². The second-order valence-electron chi connectivity index (χ2n) is 6.97. The van der Waals surface area contributed by atoms with E-state index in [0.29, 0.717) is 18.4 Å². The third kappa shape index (κ3) is 6.99. The Hall–Kier alpha value is -1.21. The Morgan fingerprint density at radius 3 is 2.50 bits per heavy atom. The average Bonchev–Trinajstić information content (AvgIpc) is 3.12. The van der Waals surface area contributed by atoms with Gasteiger partial charge in [0.2, 0.25) is 10.0 Å². The zero-order valence-electron chi connectivity index (χ0n) is 15.4. The van der Waals surface area contributed by atoms with Gasteiger partial charge in [0.25, 0.3) is 0 Å². The van der Waals surface area contributed by atoms with Gasteiger partial charge >= 0.3 is 12.1 Å². The van der Waals surface area contributed by atoms with Gasteiger partial charge in [0.1, 0.15) is 0 Å². The summed E-state index contributed by atoms with van der Waals surface area (Å²) in [7, 11) is -3.18. The number of fused-ring (bicyclic) bond motifs is 1. The van der Waals surface area contributed by atoms with E-state index >= 15 is 0 Å². The molecule has 0 bridgehead atoms. The van der Waals surface area contributed by atoms with E-state index in [2.05, 4.69) is 28.7 Å². The SMILES string of the molecule is Cc1ccc(CN2C[C@@H]3COC[C@H](NS(C)(=O)=O)[C@@H]3C2)s1.O=C(O)C(F)(F)F. The van der Waals surface area contributed by atoms with E-state index in [0.717, 1.165) is 26.2 Å². The predicted octanol–water partition coefficient (Wildman–Crippen LogP) is 1.69. The summed E-state index contributed by atoms with van der Waals surface area (Å²) >= 11 is 1.83. The number of hydrogen-bond acceptors (Lipinski definition) is 6. The summed E-state index contributed by atoms with van der Waals surface area (Å²) in [6.07, 6.45) is -3.86. The van der Waals surface area contributed by atoms with Crippen molar-refractivity contribution >= 4 is 27.3 Å². The molecule has 2 aliphatic heterocycles. The smallest absolute Gasteiger partial charge is 0.475 e. The minimum Gasteiger partial charge on any atom is -0.475 e. The fraction of sp³-hybridized carbons (Fsp3) is 0.688. The number of alkyl halides is 3. The lowest BCUT2D eigenvalue weighted by atomic mass is 9.88. The van der Waals surface area contributed by atoms with Crippen LogP contribution in [0.25, 0.3) is 0 Å². The predicted molar refractivity (Wildman–Crippen MR) is 97.6 cm³/mol. The van der Waals surface area contributed by atoms with Crippen LogP contribution in [0.15, 0.2) is 12.1 Å². The lowest BCUT2D eigenvalue weighted by molar-refractivity contribution is -0.192. The zero-order chi connectivity index (χ0) is 21.1. The quantitative estimate of drug-likeness (QED) is 0.734. The molecule has 0 unspecified atom stereocenters. The highest BCUT2D eigenvalue weighted by molar-refractivity contribution is 7.88. The molecule has 7 nitrogen and oxygen atoms in total. The summed E-state index contributed by atoms with van der Waals surface area (Å²) in [5.74, 6) is -1.97. The second kappa shape index (κ2) is 9.08. The lowest BCUT2D eigenvalue weighted by Gasteiger charge is -2.32. The largest absolute Gasteiger partial charge is 0.490 e. The van der Waals surface area contributed by atoms with E-state index in [4.69, 9.17) is 14.6 Å². The molecule has 0 saturated carbocycles. The van der Waals surface area contributed by atoms with E-state index in [9.17, 15) is 21.6 Å². The molecule has 1 aromatic rings. The molecule has 160 valence electrons. The Morgan fingerprint density at radius 1 is 1.36 bits per heavy atom. The Morgan fingerprint density at radius 2 is 2.00 bits per heavy atom. The summed E-state index contributed by atoms with van der Waals surface area (Å²) < 4.78 is 63.0. The zero-order valence-corrected chi connectivity index (χ0v) is 17.0. The molecule has 28 heavy (non-hydrogen) atoms. The van der Waals surface area contributed by atoms with Gasteiger partial charge in [0.05, 0.1) is 19.5 Å². The van der Waals surface area contributed by atoms with Crippen LogP contribution in [0, 0.1) is 18.8 Å². The molecule has 3 heterocycles. The Bertz CT molecular complexity index is 781. The Labute approximate surface area is 165 Å². The van der Waals surface area contributed by atoms with Crippen LogP contribution in [0.3, 0.4) is 0 Å². The molecule has 2 N–H and O–H groups in total. The van der Waals surface area contributed by atoms with Crippen molar-refractivity contribution in [2.24, 2.45) is 11.8 Å². The number of rotatable bonds is 4. The van der Waals surface area contributed by atoms with Crippen LogP contribution in [0.5, 0.6) is 0 Å². The number of nitrogens with zero attached hydrogens (tertiary/aromatic N) is 1. The van der Waals surface area contributed by atoms with Crippen LogP contribution in [0.4, 0.5) is 13.2 Å². The third-order valence-corrected chi connectivity index (χ3v) is 6.21. The van der Waals surface area contributed by atoms with Crippen molar-refractivity contribution in [1.29, 1.82) is 0 Å². The maximum absolute atomic E-state index is 11.5. The van der Waals surface area contributed by atoms with Gasteiger partial charge in [-0.1, -0.05) is 0 Å². The van der Waals surface area contributed by atoms with Gasteiger partial charge in [-0.25, -0.2) is 17.9 Å². The van der Waals surface area contributed by atoms with E-state index in [1.807, 2.05) is 11.3 Å². The monoisotopic (exact) mass is 444 g/mol. The normalized spacial score (nSPS) is 25.7. The van der Waals surface area contributed by atoms with Crippen LogP contribution in [-0.4, -0.2) is 69.2 Å². The summed E-state index contributed by atoms with van der Waals surface area (Å²) in [5.41, 5.74) is 0. The molecule has 0 radical (unpaired) electrons. The summed E-state index contributed by atoms with van der Waals surface area (Å²) in [6.45, 7) is 6.24. The van der Waals surface area contributed by atoms with Crippen molar-refractivity contribution in [3.05, 3.63) is 21.9 Å². The molecule has 0 amide bonds. The number of nitrogens with one attached hydrogen (secondary N) is 1. The van der Waals surface area contributed by atoms with Crippen molar-refractivity contribution in [2.45, 2.75) is 25.7 Å². The summed E-state index contributed by atoms with van der Waals surface area (Å²) in [5, 5.41) is 7.12. The number of likely N-dealkylation sites (tertiary alicyclic amines) is 1. The van der Waals surface area contributed by atoms with Gasteiger partial charge in [-0.05, 0) is 25.0 Å². The van der Waals surface area contributed by atoms with Crippen molar-refractivity contribution < 1.29 is 36.2 Å². The lowest BCUT2D eigenvalue weighted by Crippen LogP contribution is -2.49. The average molecular weight is 444 g/mol. The molecule has 12 heteroatoms. The van der Waals surface area contributed by atoms with Gasteiger partial charge in [0.15, 0.2) is 0 Å². The number of ether oxygens (including phenoxy) is 1. The Balaban J connectivity index is 0.000000345. The highest BCUT2D eigenvalue weighted by Gasteiger charge is 2.42. The maximum atomic E-state index is 11.5. The maximum Gasteiger partial charge on any atom is 0.490 e. The van der Waals surface area contributed by atoms with Crippen LogP contribution in [0.2, 0.25) is 0 Å². The van der Waals surface area contributed by atoms with Gasteiger partial charge in [-0.15, -0.1) is 11.3 Å². The number of halogens is 3. The van der Waals surface area contributed by atoms with Crippen molar-refractivity contribution in [3.8, 4) is 0 Å². The van der Waals surface area contributed by atoms with Gasteiger partial charge in [-0.3, -0.25) is 4.90 Å². The molecule has 0 spiro atoms. The first-order valence-electron chi connectivity index (χ1n) is 8.48. The van der Waals surface area contributed by atoms with Crippen molar-refractivity contribution in [1.82, 2.24) is 9.62 Å². The summed E-state index contributed by atoms with van der Waals surface area (Å²) in [6, 6.07) is 4.25. The summed E-state index contributed by atoms with van der Waals surface area (Å²) in [4.78, 5) is 14.0. The van der Waals surface area contributed by atoms with Crippen molar-refractivity contribution in [3.63, 3.8) is 0 Å². The van der Waals surface area contributed by atoms with Gasteiger partial charge in [0, 0.05) is 41.3 Å². The van der Waals surface area contributed by atoms with E-state index < -0.39 is 22.2 Å². The van der Waals surface area contributed by atoms with E-state index in [1.165, 1.54) is 16.0 Å². The number of carboxylic acids is 1. The first-order chi connectivity index (χ1) is 12.8. The number of carboxylic acid groups (broad SMARTS) is 1. The number of aryl methyl sites for hydroxylation is 1. The number of thiophene rings is 1. The molecule has 0 aromatic carbocycles. The molecule has 2 saturated heterocycles. The molecule has 3 rings (SSSR count). The number of aliphatic carboxylic acids is 1. The molecule has 3 atom stereocenters. The molecule has 0 aliphatic carbocycles. The third-order valence-electron chi connectivity index (χ3n) is 4.50. The van der Waals surface area contributed by atoms with Gasteiger partial charge < -0.3 is 9.84 Å². The standard InChI is InChI=1S/C14H22N2O3S2.C2HF3O2/c1-10-3-4-12(20-10)6-16-5-11-8-19-9-14(13(11)7-16)15-21(2,17)18;3-2(4,5)1(6)7/h3-4,11,13-15H,5-9H2,1-2H3;(H,6,7)/t11-,13-,14+;/m1./s1. The minimum atomic E-state index is -5.08. The van der Waals surface area contributed by atoms with Gasteiger partial charge in [-0.2, -0.15) is 13.2 Å². The second-order valence-corrected chi connectivity index (χ2v) is 10.1. The fourth-order valence-corrected chi connectivity index (χ4v) is 5.13. The minimum absolute atomic E-state index is 0.0891. The van der Waals surface area contributed by atoms with Crippen molar-refractivity contribution in [2.75, 3.05) is 32.6 Å². The van der Waals surface area contributed by atoms with Crippen LogP contribution in [-0.2, 0) is 26.1 Å². The molecular weight excluding hydrogens is 421 g/mol. The van der Waals surface area contributed by atoms with E-state index in [1.54, 1.807) is 0 Å². The first kappa shape index (κ1) is 23.1. The first-order valence-corrected chi connectivity index (χ1v) is 11.2.